The van der Waals surface area contributed by atoms with E-state index in [1.165, 1.54) is 22.5 Å². The molecule has 0 bridgehead atoms. The maximum Gasteiger partial charge on any atom is 0.329 e. The van der Waals surface area contributed by atoms with Crippen molar-refractivity contribution in [3.05, 3.63) is 28.2 Å². The van der Waals surface area contributed by atoms with Crippen LogP contribution in [-0.4, -0.2) is 49.6 Å². The van der Waals surface area contributed by atoms with Crippen LogP contribution in [0.15, 0.2) is 23.1 Å². The Morgan fingerprint density at radius 2 is 2.09 bits per heavy atom. The molecule has 0 saturated carbocycles. The van der Waals surface area contributed by atoms with E-state index in [1.54, 1.807) is 0 Å². The Morgan fingerprint density at radius 3 is 2.78 bits per heavy atom. The van der Waals surface area contributed by atoms with E-state index in [9.17, 15) is 13.2 Å². The molecular weight excluding hydrogens is 365 g/mol. The molecule has 0 aromatic heterocycles. The van der Waals surface area contributed by atoms with Gasteiger partial charge in [0.15, 0.2) is 0 Å². The van der Waals surface area contributed by atoms with Crippen molar-refractivity contribution in [1.29, 1.82) is 0 Å². The summed E-state index contributed by atoms with van der Waals surface area (Å²) in [7, 11) is -3.83. The second-order valence-electron chi connectivity index (χ2n) is 5.23. The smallest absolute Gasteiger partial charge is 0.329 e. The molecule has 0 amide bonds. The second-order valence-corrected chi connectivity index (χ2v) is 7.87. The maximum atomic E-state index is 12.9. The van der Waals surface area contributed by atoms with E-state index < -0.39 is 28.6 Å². The van der Waals surface area contributed by atoms with Crippen LogP contribution in [0.4, 0.5) is 0 Å². The lowest BCUT2D eigenvalue weighted by Gasteiger charge is -2.34. The highest BCUT2D eigenvalue weighted by Crippen LogP contribution is 2.33. The number of aliphatic carboxylic acids is 1. The molecule has 1 heterocycles. The van der Waals surface area contributed by atoms with Crippen LogP contribution in [0.3, 0.4) is 0 Å². The Balaban J connectivity index is 2.24. The highest BCUT2D eigenvalue weighted by Gasteiger charge is 2.35. The van der Waals surface area contributed by atoms with Crippen molar-refractivity contribution in [2.75, 3.05) is 19.8 Å². The standard InChI is InChI=1S/C14H17Cl2NO5S/c15-11-5-3-6-12(14(11)16)23(20,21)17-7-2-1-4-10(17)8-22-9-13(18)19/h3,5-6,10H,1-2,4,7-9H2,(H,18,19)/t10-/m0/s1. The fourth-order valence-corrected chi connectivity index (χ4v) is 4.97. The van der Waals surface area contributed by atoms with E-state index in [1.807, 2.05) is 0 Å². The zero-order valence-electron chi connectivity index (χ0n) is 12.2. The third kappa shape index (κ3) is 4.36. The number of hydrogen-bond donors (Lipinski definition) is 1. The Morgan fingerprint density at radius 1 is 1.35 bits per heavy atom. The summed E-state index contributed by atoms with van der Waals surface area (Å²) in [5, 5.41) is 8.79. The van der Waals surface area contributed by atoms with Gasteiger partial charge in [0.25, 0.3) is 0 Å². The lowest BCUT2D eigenvalue weighted by atomic mass is 10.1. The summed E-state index contributed by atoms with van der Waals surface area (Å²) in [6, 6.07) is 4.05. The molecule has 1 aliphatic heterocycles. The average molecular weight is 382 g/mol. The quantitative estimate of drug-likeness (QED) is 0.818. The molecule has 0 spiro atoms. The number of rotatable bonds is 6. The minimum absolute atomic E-state index is 0.00931. The number of hydrogen-bond acceptors (Lipinski definition) is 4. The van der Waals surface area contributed by atoms with Crippen LogP contribution < -0.4 is 0 Å². The van der Waals surface area contributed by atoms with E-state index in [2.05, 4.69) is 0 Å². The molecule has 1 aliphatic rings. The molecule has 6 nitrogen and oxygen atoms in total. The summed E-state index contributed by atoms with van der Waals surface area (Å²) in [6.45, 7) is -0.0850. The zero-order chi connectivity index (χ0) is 17.0. The van der Waals surface area contributed by atoms with E-state index in [0.29, 0.717) is 13.0 Å². The molecule has 1 atom stereocenters. The number of halogens is 2. The first kappa shape index (κ1) is 18.5. The first-order valence-corrected chi connectivity index (χ1v) is 9.29. The van der Waals surface area contributed by atoms with E-state index in [-0.39, 0.29) is 21.5 Å². The van der Waals surface area contributed by atoms with Gasteiger partial charge in [-0.2, -0.15) is 4.31 Å². The molecule has 0 radical (unpaired) electrons. The largest absolute Gasteiger partial charge is 0.480 e. The van der Waals surface area contributed by atoms with E-state index in [0.717, 1.165) is 12.8 Å². The topological polar surface area (TPSA) is 83.9 Å². The van der Waals surface area contributed by atoms with Gasteiger partial charge in [0.05, 0.1) is 16.7 Å². The number of carboxylic acid groups (broad SMARTS) is 1. The van der Waals surface area contributed by atoms with Crippen molar-refractivity contribution in [1.82, 2.24) is 4.31 Å². The number of piperidine rings is 1. The Labute approximate surface area is 145 Å². The summed E-state index contributed by atoms with van der Waals surface area (Å²) in [6.07, 6.45) is 2.19. The van der Waals surface area contributed by atoms with Crippen LogP contribution in [0, 0.1) is 0 Å². The summed E-state index contributed by atoms with van der Waals surface area (Å²) < 4.78 is 32.2. The number of carbonyl (C=O) groups is 1. The average Bonchev–Trinajstić information content (AvgIpc) is 2.50. The number of carboxylic acids is 1. The molecule has 0 aliphatic carbocycles. The normalized spacial score (nSPS) is 19.7. The molecule has 1 aromatic rings. The fraction of sp³-hybridized carbons (Fsp3) is 0.500. The molecule has 0 unspecified atom stereocenters. The number of benzene rings is 1. The van der Waals surface area contributed by atoms with Crippen LogP contribution in [0.1, 0.15) is 19.3 Å². The van der Waals surface area contributed by atoms with Crippen molar-refractivity contribution >= 4 is 39.2 Å². The SMILES string of the molecule is O=C(O)COC[C@@H]1CCCCN1S(=O)(=O)c1cccc(Cl)c1Cl. The van der Waals surface area contributed by atoms with Crippen molar-refractivity contribution < 1.29 is 23.1 Å². The number of ether oxygens (including phenoxy) is 1. The highest BCUT2D eigenvalue weighted by molar-refractivity contribution is 7.89. The van der Waals surface area contributed by atoms with Crippen molar-refractivity contribution in [3.63, 3.8) is 0 Å². The Bertz CT molecular complexity index is 680. The predicted molar refractivity (Wildman–Crippen MR) is 86.4 cm³/mol. The summed E-state index contributed by atoms with van der Waals surface area (Å²) in [5.74, 6) is -1.09. The summed E-state index contributed by atoms with van der Waals surface area (Å²) >= 11 is 12.0. The lowest BCUT2D eigenvalue weighted by Crippen LogP contribution is -2.46. The van der Waals surface area contributed by atoms with Crippen LogP contribution in [0.2, 0.25) is 10.0 Å². The third-order valence-electron chi connectivity index (χ3n) is 3.61. The molecule has 128 valence electrons. The van der Waals surface area contributed by atoms with Crippen molar-refractivity contribution in [2.24, 2.45) is 0 Å². The first-order chi connectivity index (χ1) is 10.8. The number of nitrogens with zero attached hydrogens (tertiary/aromatic N) is 1. The van der Waals surface area contributed by atoms with Gasteiger partial charge in [-0.1, -0.05) is 35.7 Å². The van der Waals surface area contributed by atoms with Gasteiger partial charge in [0.1, 0.15) is 11.5 Å². The Kier molecular flexibility index (Phi) is 6.27. The monoisotopic (exact) mass is 381 g/mol. The van der Waals surface area contributed by atoms with Crippen LogP contribution in [0.25, 0.3) is 0 Å². The maximum absolute atomic E-state index is 12.9. The van der Waals surface area contributed by atoms with Gasteiger partial charge in [0.2, 0.25) is 10.0 Å². The molecule has 2 rings (SSSR count). The summed E-state index contributed by atoms with van der Waals surface area (Å²) in [5.41, 5.74) is 0. The fourth-order valence-electron chi connectivity index (χ4n) is 2.55. The van der Waals surface area contributed by atoms with Gasteiger partial charge in [-0.15, -0.1) is 0 Å². The molecule has 1 saturated heterocycles. The van der Waals surface area contributed by atoms with Gasteiger partial charge in [0, 0.05) is 12.6 Å². The summed E-state index contributed by atoms with van der Waals surface area (Å²) in [4.78, 5) is 10.5. The molecule has 9 heteroatoms. The molecule has 1 aromatic carbocycles. The first-order valence-electron chi connectivity index (χ1n) is 7.09. The van der Waals surface area contributed by atoms with Gasteiger partial charge in [-0.25, -0.2) is 13.2 Å². The molecule has 23 heavy (non-hydrogen) atoms. The minimum Gasteiger partial charge on any atom is -0.480 e. The lowest BCUT2D eigenvalue weighted by molar-refractivity contribution is -0.142. The van der Waals surface area contributed by atoms with E-state index >= 15 is 0 Å². The zero-order valence-corrected chi connectivity index (χ0v) is 14.6. The van der Waals surface area contributed by atoms with Gasteiger partial charge < -0.3 is 9.84 Å². The molecule has 1 fully saturated rings. The minimum atomic E-state index is -3.83. The van der Waals surface area contributed by atoms with Gasteiger partial charge in [-0.3, -0.25) is 0 Å². The van der Waals surface area contributed by atoms with Crippen molar-refractivity contribution in [3.8, 4) is 0 Å². The van der Waals surface area contributed by atoms with Crippen LogP contribution >= 0.6 is 23.2 Å². The number of sulfonamides is 1. The van der Waals surface area contributed by atoms with Gasteiger partial charge >= 0.3 is 5.97 Å². The Hall–Kier alpha value is -0.860. The van der Waals surface area contributed by atoms with Gasteiger partial charge in [-0.05, 0) is 25.0 Å². The van der Waals surface area contributed by atoms with Crippen LogP contribution in [-0.2, 0) is 19.6 Å². The third-order valence-corrected chi connectivity index (χ3v) is 6.54. The molecular formula is C14H17Cl2NO5S. The van der Waals surface area contributed by atoms with Crippen molar-refractivity contribution in [2.45, 2.75) is 30.2 Å². The van der Waals surface area contributed by atoms with E-state index in [4.69, 9.17) is 33.0 Å². The highest BCUT2D eigenvalue weighted by atomic mass is 35.5. The predicted octanol–water partition coefficient (Wildman–Crippen LogP) is 2.64. The second kappa shape index (κ2) is 7.81. The molecule has 1 N–H and O–H groups in total. The van der Waals surface area contributed by atoms with Crippen LogP contribution in [0.5, 0.6) is 0 Å².